The van der Waals surface area contributed by atoms with Gasteiger partial charge in [-0.15, -0.1) is 0 Å². The van der Waals surface area contributed by atoms with Crippen molar-refractivity contribution in [2.45, 2.75) is 24.8 Å². The molecule has 0 spiro atoms. The van der Waals surface area contributed by atoms with Gasteiger partial charge in [-0.3, -0.25) is 4.79 Å². The molecule has 0 unspecified atom stereocenters. The van der Waals surface area contributed by atoms with Gasteiger partial charge < -0.3 is 10.6 Å². The monoisotopic (exact) mass is 315 g/mol. The molecule has 0 atom stereocenters. The highest BCUT2D eigenvalue weighted by Crippen LogP contribution is 2.40. The number of halogens is 1. The van der Waals surface area contributed by atoms with Gasteiger partial charge in [-0.1, -0.05) is 23.7 Å². The molecule has 0 radical (unpaired) electrons. The molecule has 1 fully saturated rings. The second kappa shape index (κ2) is 6.07. The van der Waals surface area contributed by atoms with Crippen LogP contribution in [0.5, 0.6) is 0 Å². The molecular formula is C17H18ClN3O. The highest BCUT2D eigenvalue weighted by Gasteiger charge is 2.37. The molecule has 2 aromatic rings. The Kier molecular flexibility index (Phi) is 4.14. The number of nitrogens with zero attached hydrogens (tertiary/aromatic N) is 1. The summed E-state index contributed by atoms with van der Waals surface area (Å²) < 4.78 is 0. The Balaban J connectivity index is 1.72. The van der Waals surface area contributed by atoms with Crippen molar-refractivity contribution >= 4 is 23.3 Å². The quantitative estimate of drug-likeness (QED) is 0.906. The molecule has 114 valence electrons. The molecule has 2 N–H and O–H groups in total. The number of nitrogens with one attached hydrogen (secondary N) is 2. The number of amides is 1. The van der Waals surface area contributed by atoms with Gasteiger partial charge in [0.25, 0.3) is 5.91 Å². The van der Waals surface area contributed by atoms with Crippen molar-refractivity contribution in [1.29, 1.82) is 0 Å². The first-order valence-electron chi connectivity index (χ1n) is 7.35. The van der Waals surface area contributed by atoms with Crippen LogP contribution in [0.3, 0.4) is 0 Å². The highest BCUT2D eigenvalue weighted by molar-refractivity contribution is 6.31. The molecule has 1 aromatic heterocycles. The molecule has 5 heteroatoms. The third-order valence-electron chi connectivity index (χ3n) is 4.33. The second-order valence-electron chi connectivity index (χ2n) is 5.58. The highest BCUT2D eigenvalue weighted by atomic mass is 35.5. The van der Waals surface area contributed by atoms with Gasteiger partial charge in [0.1, 0.15) is 5.82 Å². The van der Waals surface area contributed by atoms with Crippen LogP contribution in [0.25, 0.3) is 0 Å². The minimum Gasteiger partial charge on any atom is -0.310 e. The van der Waals surface area contributed by atoms with Crippen LogP contribution in [-0.4, -0.2) is 17.9 Å². The number of pyridine rings is 1. The molecule has 0 saturated heterocycles. The summed E-state index contributed by atoms with van der Waals surface area (Å²) in [4.78, 5) is 16.5. The van der Waals surface area contributed by atoms with Crippen LogP contribution >= 0.6 is 11.6 Å². The average molecular weight is 316 g/mol. The summed E-state index contributed by atoms with van der Waals surface area (Å²) in [6, 6.07) is 10.7. The lowest BCUT2D eigenvalue weighted by molar-refractivity contribution is 0.102. The third kappa shape index (κ3) is 2.85. The number of anilines is 1. The fraction of sp³-hybridized carbons (Fsp3) is 0.294. The molecule has 4 nitrogen and oxygen atoms in total. The minimum absolute atomic E-state index is 0.0580. The van der Waals surface area contributed by atoms with Gasteiger partial charge in [-0.2, -0.15) is 0 Å². The molecule has 1 aromatic carbocycles. The summed E-state index contributed by atoms with van der Waals surface area (Å²) in [7, 11) is 1.98. The third-order valence-corrected chi connectivity index (χ3v) is 4.57. The summed E-state index contributed by atoms with van der Waals surface area (Å²) in [5.74, 6) is 0.328. The van der Waals surface area contributed by atoms with E-state index in [1.807, 2.05) is 25.4 Å². The Morgan fingerprint density at radius 1 is 1.27 bits per heavy atom. The second-order valence-corrected chi connectivity index (χ2v) is 6.02. The molecule has 1 aliphatic rings. The minimum atomic E-state index is -0.213. The van der Waals surface area contributed by atoms with E-state index < -0.39 is 0 Å². The van der Waals surface area contributed by atoms with Crippen LogP contribution in [-0.2, 0) is 5.54 Å². The van der Waals surface area contributed by atoms with Crippen molar-refractivity contribution in [2.24, 2.45) is 0 Å². The molecule has 1 saturated carbocycles. The van der Waals surface area contributed by atoms with E-state index >= 15 is 0 Å². The normalized spacial score (nSPS) is 15.9. The van der Waals surface area contributed by atoms with Crippen molar-refractivity contribution in [1.82, 2.24) is 10.3 Å². The van der Waals surface area contributed by atoms with Crippen LogP contribution < -0.4 is 10.6 Å². The zero-order valence-electron chi connectivity index (χ0n) is 12.4. The first kappa shape index (κ1) is 15.0. The van der Waals surface area contributed by atoms with Gasteiger partial charge in [-0.25, -0.2) is 4.98 Å². The van der Waals surface area contributed by atoms with Crippen molar-refractivity contribution in [3.63, 3.8) is 0 Å². The van der Waals surface area contributed by atoms with Crippen LogP contribution in [0.4, 0.5) is 5.82 Å². The van der Waals surface area contributed by atoms with Crippen molar-refractivity contribution < 1.29 is 4.79 Å². The van der Waals surface area contributed by atoms with Gasteiger partial charge in [0.2, 0.25) is 0 Å². The van der Waals surface area contributed by atoms with E-state index in [4.69, 9.17) is 11.6 Å². The lowest BCUT2D eigenvalue weighted by atomic mass is 9.72. The molecule has 22 heavy (non-hydrogen) atoms. The lowest BCUT2D eigenvalue weighted by Gasteiger charge is -2.42. The first-order valence-corrected chi connectivity index (χ1v) is 7.73. The van der Waals surface area contributed by atoms with Gasteiger partial charge in [0.05, 0.1) is 0 Å². The van der Waals surface area contributed by atoms with Gasteiger partial charge in [0.15, 0.2) is 0 Å². The van der Waals surface area contributed by atoms with E-state index in [9.17, 15) is 4.79 Å². The van der Waals surface area contributed by atoms with Gasteiger partial charge in [-0.05, 0) is 56.1 Å². The molecule has 1 aliphatic carbocycles. The molecule has 3 rings (SSSR count). The summed E-state index contributed by atoms with van der Waals surface area (Å²) in [6.07, 6.45) is 5.32. The van der Waals surface area contributed by atoms with E-state index in [1.54, 1.807) is 24.3 Å². The SMILES string of the molecule is CNC1(c2ccc(NC(=O)c3cccc(Cl)c3)nc2)CCC1. The Bertz CT molecular complexity index is 675. The lowest BCUT2D eigenvalue weighted by Crippen LogP contribution is -2.46. The predicted molar refractivity (Wildman–Crippen MR) is 88.2 cm³/mol. The van der Waals surface area contributed by atoms with E-state index in [1.165, 1.54) is 12.0 Å². The fourth-order valence-corrected chi connectivity index (χ4v) is 2.97. The average Bonchev–Trinajstić information content (AvgIpc) is 2.48. The first-order chi connectivity index (χ1) is 10.6. The number of carbonyl (C=O) groups is 1. The summed E-state index contributed by atoms with van der Waals surface area (Å²) in [5, 5.41) is 6.71. The van der Waals surface area contributed by atoms with Gasteiger partial charge >= 0.3 is 0 Å². The Morgan fingerprint density at radius 3 is 2.64 bits per heavy atom. The van der Waals surface area contributed by atoms with E-state index in [-0.39, 0.29) is 11.4 Å². The predicted octanol–water partition coefficient (Wildman–Crippen LogP) is 3.59. The summed E-state index contributed by atoms with van der Waals surface area (Å²) >= 11 is 5.90. The number of carbonyl (C=O) groups excluding carboxylic acids is 1. The molecule has 0 bridgehead atoms. The Hall–Kier alpha value is -1.91. The summed E-state index contributed by atoms with van der Waals surface area (Å²) in [6.45, 7) is 0. The van der Waals surface area contributed by atoms with Gasteiger partial charge in [0, 0.05) is 22.3 Å². The molecule has 0 aliphatic heterocycles. The van der Waals surface area contributed by atoms with E-state index in [0.717, 1.165) is 12.8 Å². The maximum Gasteiger partial charge on any atom is 0.256 e. The maximum atomic E-state index is 12.1. The van der Waals surface area contributed by atoms with Crippen LogP contribution in [0.15, 0.2) is 42.6 Å². The number of aromatic nitrogens is 1. The van der Waals surface area contributed by atoms with E-state index in [0.29, 0.717) is 16.4 Å². The van der Waals surface area contributed by atoms with Crippen LogP contribution in [0, 0.1) is 0 Å². The summed E-state index contributed by atoms with van der Waals surface area (Å²) in [5.41, 5.74) is 1.74. The zero-order valence-corrected chi connectivity index (χ0v) is 13.2. The topological polar surface area (TPSA) is 54.0 Å². The number of hydrogen-bond acceptors (Lipinski definition) is 3. The van der Waals surface area contributed by atoms with Crippen LogP contribution in [0.2, 0.25) is 5.02 Å². The Morgan fingerprint density at radius 2 is 2.09 bits per heavy atom. The maximum absolute atomic E-state index is 12.1. The molecular weight excluding hydrogens is 298 g/mol. The van der Waals surface area contributed by atoms with E-state index in [2.05, 4.69) is 15.6 Å². The number of hydrogen-bond donors (Lipinski definition) is 2. The Labute approximate surface area is 134 Å². The number of benzene rings is 1. The fourth-order valence-electron chi connectivity index (χ4n) is 2.78. The van der Waals surface area contributed by atoms with Crippen LogP contribution in [0.1, 0.15) is 35.2 Å². The standard InChI is InChI=1S/C17H18ClN3O/c1-19-17(8-3-9-17)13-6-7-15(20-11-13)21-16(22)12-4-2-5-14(18)10-12/h2,4-7,10-11,19H,3,8-9H2,1H3,(H,20,21,22). The smallest absolute Gasteiger partial charge is 0.256 e. The molecule has 1 amide bonds. The zero-order chi connectivity index (χ0) is 15.6. The van der Waals surface area contributed by atoms with Crippen molar-refractivity contribution in [2.75, 3.05) is 12.4 Å². The van der Waals surface area contributed by atoms with Crippen molar-refractivity contribution in [3.05, 3.63) is 58.7 Å². The number of rotatable bonds is 4. The molecule has 1 heterocycles. The largest absolute Gasteiger partial charge is 0.310 e. The van der Waals surface area contributed by atoms with Crippen molar-refractivity contribution in [3.8, 4) is 0 Å².